The van der Waals surface area contributed by atoms with E-state index in [0.717, 1.165) is 37.9 Å². The lowest BCUT2D eigenvalue weighted by Crippen LogP contribution is -2.37. The molecule has 134 valence electrons. The summed E-state index contributed by atoms with van der Waals surface area (Å²) in [5.74, 6) is 0.286. The maximum absolute atomic E-state index is 9.39. The monoisotopic (exact) mass is 335 g/mol. The summed E-state index contributed by atoms with van der Waals surface area (Å²) in [4.78, 5) is 0. The number of rotatable bonds is 12. The molecule has 1 heterocycles. The Morgan fingerprint density at radius 1 is 1.21 bits per heavy atom. The zero-order valence-electron chi connectivity index (χ0n) is 14.3. The summed E-state index contributed by atoms with van der Waals surface area (Å²) in [6.07, 6.45) is 7.42. The van der Waals surface area contributed by atoms with Gasteiger partial charge in [-0.25, -0.2) is 0 Å². The second-order valence-electron chi connectivity index (χ2n) is 6.13. The molecule has 0 bridgehead atoms. The second kappa shape index (κ2) is 10.5. The Bertz CT molecular complexity index is 460. The van der Waals surface area contributed by atoms with Crippen LogP contribution in [0.2, 0.25) is 0 Å². The summed E-state index contributed by atoms with van der Waals surface area (Å²) in [5, 5.41) is 9.39. The zero-order chi connectivity index (χ0) is 17.1. The number of benzene rings is 1. The third-order valence-electron chi connectivity index (χ3n) is 4.28. The van der Waals surface area contributed by atoms with Gasteiger partial charge in [-0.3, -0.25) is 0 Å². The fourth-order valence-electron chi connectivity index (χ4n) is 2.89. The Morgan fingerprint density at radius 3 is 2.62 bits per heavy atom. The lowest BCUT2D eigenvalue weighted by atomic mass is 9.99. The van der Waals surface area contributed by atoms with Gasteiger partial charge in [-0.15, -0.1) is 6.58 Å². The maximum Gasteiger partial charge on any atom is 0.168 e. The number of unbranched alkanes of at least 4 members (excludes halogenated alkanes) is 2. The number of hydrogen-bond donors (Lipinski definition) is 2. The minimum absolute atomic E-state index is 0.164. The number of ether oxygens (including phenoxy) is 3. The molecule has 2 rings (SSSR count). The van der Waals surface area contributed by atoms with Crippen molar-refractivity contribution in [3.63, 3.8) is 0 Å². The average molecular weight is 335 g/mol. The number of hydroxylamine groups is 1. The molecule has 0 aliphatic carbocycles. The average Bonchev–Trinajstić information content (AvgIpc) is 3.09. The molecule has 0 spiro atoms. The summed E-state index contributed by atoms with van der Waals surface area (Å²) in [6.45, 7) is 5.42. The first-order valence-corrected chi connectivity index (χ1v) is 8.74. The highest BCUT2D eigenvalue weighted by atomic mass is 16.7. The van der Waals surface area contributed by atoms with Gasteiger partial charge >= 0.3 is 0 Å². The van der Waals surface area contributed by atoms with E-state index in [1.54, 1.807) is 0 Å². The topological polar surface area (TPSA) is 60.0 Å². The molecule has 0 radical (unpaired) electrons. The molecule has 0 aromatic heterocycles. The highest BCUT2D eigenvalue weighted by Gasteiger charge is 2.36. The van der Waals surface area contributed by atoms with E-state index in [4.69, 9.17) is 14.2 Å². The van der Waals surface area contributed by atoms with Crippen molar-refractivity contribution in [1.29, 1.82) is 0 Å². The zero-order valence-corrected chi connectivity index (χ0v) is 14.3. The van der Waals surface area contributed by atoms with Gasteiger partial charge in [0.05, 0.1) is 19.3 Å². The first-order chi connectivity index (χ1) is 11.8. The van der Waals surface area contributed by atoms with E-state index in [9.17, 15) is 5.21 Å². The van der Waals surface area contributed by atoms with Gasteiger partial charge < -0.3 is 19.4 Å². The third-order valence-corrected chi connectivity index (χ3v) is 4.28. The van der Waals surface area contributed by atoms with Crippen molar-refractivity contribution in [1.82, 2.24) is 5.48 Å². The van der Waals surface area contributed by atoms with Gasteiger partial charge in [-0.05, 0) is 37.8 Å². The first kappa shape index (κ1) is 18.9. The van der Waals surface area contributed by atoms with E-state index in [2.05, 4.69) is 12.1 Å². The van der Waals surface area contributed by atoms with Gasteiger partial charge in [-0.2, -0.15) is 5.48 Å². The van der Waals surface area contributed by atoms with Crippen LogP contribution in [0.15, 0.2) is 43.0 Å². The molecule has 1 aliphatic rings. The van der Waals surface area contributed by atoms with Crippen molar-refractivity contribution in [3.05, 3.63) is 43.0 Å². The maximum atomic E-state index is 9.39. The van der Waals surface area contributed by atoms with Crippen LogP contribution in [0.4, 0.5) is 0 Å². The lowest BCUT2D eigenvalue weighted by Gasteiger charge is -2.29. The Morgan fingerprint density at radius 2 is 1.96 bits per heavy atom. The van der Waals surface area contributed by atoms with Gasteiger partial charge in [0.15, 0.2) is 5.79 Å². The molecular weight excluding hydrogens is 306 g/mol. The fourth-order valence-corrected chi connectivity index (χ4v) is 2.89. The molecule has 5 nitrogen and oxygen atoms in total. The molecule has 1 atom stereocenters. The van der Waals surface area contributed by atoms with Crippen molar-refractivity contribution in [2.24, 2.45) is 0 Å². The normalized spacial score (nSPS) is 17.5. The standard InChI is InChI=1S/C19H29NO4/c1-2-3-4-8-12-19(23-14-15-24-19)13-11-17(20-21)16-22-18-9-6-5-7-10-18/h2,5-7,9-10,17,20-21H,1,3-4,8,11-16H2. The first-order valence-electron chi connectivity index (χ1n) is 8.74. The minimum atomic E-state index is -0.511. The fraction of sp³-hybridized carbons (Fsp3) is 0.579. The molecule has 5 heteroatoms. The minimum Gasteiger partial charge on any atom is -0.492 e. The molecule has 1 fully saturated rings. The molecule has 2 N–H and O–H groups in total. The molecule has 0 saturated carbocycles. The number of para-hydroxylation sites is 1. The quantitative estimate of drug-likeness (QED) is 0.347. The molecule has 0 amide bonds. The van der Waals surface area contributed by atoms with E-state index >= 15 is 0 Å². The van der Waals surface area contributed by atoms with Crippen molar-refractivity contribution < 1.29 is 19.4 Å². The molecule has 1 aliphatic heterocycles. The van der Waals surface area contributed by atoms with Crippen LogP contribution >= 0.6 is 0 Å². The Balaban J connectivity index is 1.77. The molecular formula is C19H29NO4. The number of allylic oxidation sites excluding steroid dienone is 1. The van der Waals surface area contributed by atoms with E-state index < -0.39 is 5.79 Å². The van der Waals surface area contributed by atoms with Gasteiger partial charge in [0, 0.05) is 12.8 Å². The Hall–Kier alpha value is -1.40. The summed E-state index contributed by atoms with van der Waals surface area (Å²) in [6, 6.07) is 9.43. The third kappa shape index (κ3) is 6.24. The van der Waals surface area contributed by atoms with Crippen LogP contribution in [0.25, 0.3) is 0 Å². The van der Waals surface area contributed by atoms with Crippen LogP contribution in [0.1, 0.15) is 38.5 Å². The van der Waals surface area contributed by atoms with Gasteiger partial charge in [-0.1, -0.05) is 24.3 Å². The molecule has 1 aromatic rings. The predicted octanol–water partition coefficient (Wildman–Crippen LogP) is 3.68. The van der Waals surface area contributed by atoms with Crippen molar-refractivity contribution in [2.75, 3.05) is 19.8 Å². The highest BCUT2D eigenvalue weighted by molar-refractivity contribution is 5.20. The Labute approximate surface area is 144 Å². The van der Waals surface area contributed by atoms with Crippen LogP contribution < -0.4 is 10.2 Å². The molecule has 1 aromatic carbocycles. The van der Waals surface area contributed by atoms with Gasteiger partial charge in [0.25, 0.3) is 0 Å². The predicted molar refractivity (Wildman–Crippen MR) is 93.2 cm³/mol. The van der Waals surface area contributed by atoms with Crippen molar-refractivity contribution in [2.45, 2.75) is 50.4 Å². The van der Waals surface area contributed by atoms with E-state index in [1.165, 1.54) is 0 Å². The van der Waals surface area contributed by atoms with Crippen LogP contribution in [0.3, 0.4) is 0 Å². The molecule has 1 saturated heterocycles. The summed E-state index contributed by atoms with van der Waals surface area (Å²) < 4.78 is 17.5. The van der Waals surface area contributed by atoms with Crippen LogP contribution in [0, 0.1) is 0 Å². The van der Waals surface area contributed by atoms with E-state index in [0.29, 0.717) is 26.2 Å². The van der Waals surface area contributed by atoms with E-state index in [-0.39, 0.29) is 6.04 Å². The number of nitrogens with one attached hydrogen (secondary N) is 1. The van der Waals surface area contributed by atoms with Crippen LogP contribution in [-0.2, 0) is 9.47 Å². The smallest absolute Gasteiger partial charge is 0.168 e. The summed E-state index contributed by atoms with van der Waals surface area (Å²) >= 11 is 0. The van der Waals surface area contributed by atoms with Crippen LogP contribution in [0.5, 0.6) is 5.75 Å². The largest absolute Gasteiger partial charge is 0.492 e. The second-order valence-corrected chi connectivity index (χ2v) is 6.13. The lowest BCUT2D eigenvalue weighted by molar-refractivity contribution is -0.170. The summed E-state index contributed by atoms with van der Waals surface area (Å²) in [5.41, 5.74) is 2.34. The molecule has 24 heavy (non-hydrogen) atoms. The van der Waals surface area contributed by atoms with E-state index in [1.807, 2.05) is 36.4 Å². The van der Waals surface area contributed by atoms with Crippen molar-refractivity contribution in [3.8, 4) is 5.75 Å². The summed E-state index contributed by atoms with van der Waals surface area (Å²) in [7, 11) is 0. The molecule has 1 unspecified atom stereocenters. The van der Waals surface area contributed by atoms with Crippen molar-refractivity contribution >= 4 is 0 Å². The Kier molecular flexibility index (Phi) is 8.25. The SMILES string of the molecule is C=CCCCCC1(CCC(COc2ccccc2)NO)OCCO1. The van der Waals surface area contributed by atoms with Gasteiger partial charge in [0.2, 0.25) is 0 Å². The van der Waals surface area contributed by atoms with Gasteiger partial charge in [0.1, 0.15) is 12.4 Å². The highest BCUT2D eigenvalue weighted by Crippen LogP contribution is 2.31. The van der Waals surface area contributed by atoms with Crippen LogP contribution in [-0.4, -0.2) is 36.9 Å². The number of hydrogen-bond acceptors (Lipinski definition) is 5.